The number of hydrogen-bond acceptors (Lipinski definition) is 4. The smallest absolute Gasteiger partial charge is 0.274 e. The van der Waals surface area contributed by atoms with Gasteiger partial charge in [-0.3, -0.25) is 4.79 Å². The highest BCUT2D eigenvalue weighted by Crippen LogP contribution is 2.14. The zero-order valence-corrected chi connectivity index (χ0v) is 14.9. The van der Waals surface area contributed by atoms with E-state index in [9.17, 15) is 9.18 Å². The number of carbonyl (C=O) groups is 1. The van der Waals surface area contributed by atoms with E-state index in [0.29, 0.717) is 5.69 Å². The molecule has 0 spiro atoms. The van der Waals surface area contributed by atoms with E-state index in [0.717, 1.165) is 24.4 Å². The predicted octanol–water partition coefficient (Wildman–Crippen LogP) is 4.14. The van der Waals surface area contributed by atoms with Gasteiger partial charge in [-0.15, -0.1) is 0 Å². The maximum absolute atomic E-state index is 13.2. The number of hydrogen-bond donors (Lipinski definition) is 2. The van der Waals surface area contributed by atoms with Crippen molar-refractivity contribution in [2.24, 2.45) is 0 Å². The van der Waals surface area contributed by atoms with Gasteiger partial charge >= 0.3 is 0 Å². The van der Waals surface area contributed by atoms with E-state index in [2.05, 4.69) is 15.6 Å². The highest BCUT2D eigenvalue weighted by atomic mass is 19.1. The van der Waals surface area contributed by atoms with E-state index < -0.39 is 5.82 Å². The SMILES string of the molecule is COc1cccc(CCNc2ccc(C(=O)Nc3cccc(F)c3)nc2)c1. The average Bonchev–Trinajstić information content (AvgIpc) is 2.69. The minimum absolute atomic E-state index is 0.262. The molecule has 0 aliphatic heterocycles. The minimum atomic E-state index is -0.406. The molecule has 0 bridgehead atoms. The second kappa shape index (κ2) is 8.80. The first-order chi connectivity index (χ1) is 13.1. The van der Waals surface area contributed by atoms with Crippen molar-refractivity contribution in [2.45, 2.75) is 6.42 Å². The van der Waals surface area contributed by atoms with E-state index in [1.165, 1.54) is 23.8 Å². The summed E-state index contributed by atoms with van der Waals surface area (Å²) in [5, 5.41) is 5.89. The van der Waals surface area contributed by atoms with Gasteiger partial charge in [0.05, 0.1) is 19.0 Å². The third kappa shape index (κ3) is 5.28. The standard InChI is InChI=1S/C21H20FN3O2/c1-27-19-7-2-4-15(12-19)10-11-23-18-8-9-20(24-14-18)21(26)25-17-6-3-5-16(22)13-17/h2-9,12-14,23H,10-11H2,1H3,(H,25,26). The number of pyridine rings is 1. The van der Waals surface area contributed by atoms with E-state index in [1.807, 2.05) is 24.3 Å². The number of methoxy groups -OCH3 is 1. The molecule has 2 N–H and O–H groups in total. The van der Waals surface area contributed by atoms with Crippen molar-refractivity contribution >= 4 is 17.3 Å². The fourth-order valence-electron chi connectivity index (χ4n) is 2.57. The molecule has 0 saturated heterocycles. The van der Waals surface area contributed by atoms with Gasteiger partial charge in [0.15, 0.2) is 0 Å². The molecule has 1 amide bonds. The average molecular weight is 365 g/mol. The van der Waals surface area contributed by atoms with Gasteiger partial charge in [0.1, 0.15) is 17.3 Å². The van der Waals surface area contributed by atoms with E-state index >= 15 is 0 Å². The summed E-state index contributed by atoms with van der Waals surface area (Å²) in [4.78, 5) is 16.3. The summed E-state index contributed by atoms with van der Waals surface area (Å²) in [5.41, 5.74) is 2.64. The van der Waals surface area contributed by atoms with Crippen LogP contribution in [0.4, 0.5) is 15.8 Å². The largest absolute Gasteiger partial charge is 0.497 e. The monoisotopic (exact) mass is 365 g/mol. The molecule has 0 aliphatic carbocycles. The Bertz CT molecular complexity index is 913. The number of halogens is 1. The summed E-state index contributed by atoms with van der Waals surface area (Å²) in [5.74, 6) is 0.0442. The van der Waals surface area contributed by atoms with Crippen LogP contribution in [0.15, 0.2) is 66.9 Å². The highest BCUT2D eigenvalue weighted by Gasteiger charge is 2.08. The predicted molar refractivity (Wildman–Crippen MR) is 104 cm³/mol. The number of rotatable bonds is 7. The topological polar surface area (TPSA) is 63.2 Å². The van der Waals surface area contributed by atoms with Crippen molar-refractivity contribution in [3.63, 3.8) is 0 Å². The van der Waals surface area contributed by atoms with Gasteiger partial charge in [-0.1, -0.05) is 18.2 Å². The van der Waals surface area contributed by atoms with Crippen LogP contribution in [0.3, 0.4) is 0 Å². The number of ether oxygens (including phenoxy) is 1. The van der Waals surface area contributed by atoms with Gasteiger partial charge in [-0.25, -0.2) is 9.37 Å². The lowest BCUT2D eigenvalue weighted by Gasteiger charge is -2.08. The number of nitrogens with one attached hydrogen (secondary N) is 2. The first-order valence-electron chi connectivity index (χ1n) is 8.54. The molecule has 0 fully saturated rings. The zero-order chi connectivity index (χ0) is 19.1. The maximum atomic E-state index is 13.2. The van der Waals surface area contributed by atoms with E-state index in [1.54, 1.807) is 31.5 Å². The minimum Gasteiger partial charge on any atom is -0.497 e. The molecule has 6 heteroatoms. The summed E-state index contributed by atoms with van der Waals surface area (Å²) in [7, 11) is 1.65. The lowest BCUT2D eigenvalue weighted by molar-refractivity contribution is 0.102. The highest BCUT2D eigenvalue weighted by molar-refractivity contribution is 6.02. The Hall–Kier alpha value is -3.41. The van der Waals surface area contributed by atoms with Crippen molar-refractivity contribution in [3.05, 3.63) is 83.9 Å². The number of anilines is 2. The normalized spacial score (nSPS) is 10.3. The molecule has 2 aromatic carbocycles. The molecule has 0 radical (unpaired) electrons. The molecule has 1 aromatic heterocycles. The molecular formula is C21H20FN3O2. The summed E-state index contributed by atoms with van der Waals surface area (Å²) in [6, 6.07) is 17.1. The van der Waals surface area contributed by atoms with Crippen LogP contribution in [0, 0.1) is 5.82 Å². The number of amides is 1. The van der Waals surface area contributed by atoms with Crippen LogP contribution in [0.2, 0.25) is 0 Å². The number of nitrogens with zero attached hydrogens (tertiary/aromatic N) is 1. The van der Waals surface area contributed by atoms with Gasteiger partial charge in [0.2, 0.25) is 0 Å². The molecule has 5 nitrogen and oxygen atoms in total. The Kier molecular flexibility index (Phi) is 5.99. The van der Waals surface area contributed by atoms with Crippen LogP contribution in [0.5, 0.6) is 5.75 Å². The molecule has 27 heavy (non-hydrogen) atoms. The van der Waals surface area contributed by atoms with Crippen LogP contribution >= 0.6 is 0 Å². The van der Waals surface area contributed by atoms with Crippen molar-refractivity contribution in [1.82, 2.24) is 4.98 Å². The van der Waals surface area contributed by atoms with Crippen LogP contribution in [-0.4, -0.2) is 24.5 Å². The Morgan fingerprint density at radius 1 is 1.07 bits per heavy atom. The molecule has 138 valence electrons. The fourth-order valence-corrected chi connectivity index (χ4v) is 2.57. The van der Waals surface area contributed by atoms with Gasteiger partial charge in [-0.05, 0) is 54.4 Å². The Morgan fingerprint density at radius 3 is 2.67 bits per heavy atom. The molecular weight excluding hydrogens is 345 g/mol. The van der Waals surface area contributed by atoms with Crippen molar-refractivity contribution in [2.75, 3.05) is 24.3 Å². The fraction of sp³-hybridized carbons (Fsp3) is 0.143. The second-order valence-electron chi connectivity index (χ2n) is 5.92. The molecule has 3 rings (SSSR count). The van der Waals surface area contributed by atoms with Gasteiger partial charge in [0, 0.05) is 12.2 Å². The third-order valence-electron chi connectivity index (χ3n) is 3.96. The zero-order valence-electron chi connectivity index (χ0n) is 14.9. The molecule has 0 atom stereocenters. The van der Waals surface area contributed by atoms with Crippen LogP contribution in [-0.2, 0) is 6.42 Å². The van der Waals surface area contributed by atoms with E-state index in [4.69, 9.17) is 4.74 Å². The molecule has 1 heterocycles. The van der Waals surface area contributed by atoms with Crippen LogP contribution < -0.4 is 15.4 Å². The van der Waals surface area contributed by atoms with Gasteiger partial charge in [-0.2, -0.15) is 0 Å². The molecule has 0 unspecified atom stereocenters. The van der Waals surface area contributed by atoms with Gasteiger partial charge in [0.25, 0.3) is 5.91 Å². The van der Waals surface area contributed by atoms with E-state index in [-0.39, 0.29) is 11.6 Å². The van der Waals surface area contributed by atoms with Crippen LogP contribution in [0.1, 0.15) is 16.1 Å². The molecule has 3 aromatic rings. The number of aromatic nitrogens is 1. The number of benzene rings is 2. The van der Waals surface area contributed by atoms with Crippen molar-refractivity contribution in [3.8, 4) is 5.75 Å². The summed E-state index contributed by atoms with van der Waals surface area (Å²) in [6.45, 7) is 0.726. The first kappa shape index (κ1) is 18.4. The molecule has 0 saturated carbocycles. The summed E-state index contributed by atoms with van der Waals surface area (Å²) in [6.07, 6.45) is 2.44. The second-order valence-corrected chi connectivity index (χ2v) is 5.92. The van der Waals surface area contributed by atoms with Crippen molar-refractivity contribution in [1.29, 1.82) is 0 Å². The van der Waals surface area contributed by atoms with Crippen LogP contribution in [0.25, 0.3) is 0 Å². The summed E-state index contributed by atoms with van der Waals surface area (Å²) >= 11 is 0. The lowest BCUT2D eigenvalue weighted by Crippen LogP contribution is -2.14. The Balaban J connectivity index is 1.53. The maximum Gasteiger partial charge on any atom is 0.274 e. The summed E-state index contributed by atoms with van der Waals surface area (Å²) < 4.78 is 18.4. The Morgan fingerprint density at radius 2 is 1.93 bits per heavy atom. The lowest BCUT2D eigenvalue weighted by atomic mass is 10.1. The third-order valence-corrected chi connectivity index (χ3v) is 3.96. The first-order valence-corrected chi connectivity index (χ1v) is 8.54. The number of carbonyl (C=O) groups excluding carboxylic acids is 1. The van der Waals surface area contributed by atoms with Gasteiger partial charge < -0.3 is 15.4 Å². The van der Waals surface area contributed by atoms with Crippen molar-refractivity contribution < 1.29 is 13.9 Å². The molecule has 0 aliphatic rings. The Labute approximate surface area is 157 Å². The quantitative estimate of drug-likeness (QED) is 0.661.